The number of nitrogens with one attached hydrogen (secondary N) is 1. The van der Waals surface area contributed by atoms with Crippen molar-refractivity contribution in [2.45, 2.75) is 45.2 Å². The summed E-state index contributed by atoms with van der Waals surface area (Å²) in [6.07, 6.45) is 2.53. The largest absolute Gasteiger partial charge is 0.354 e. The highest BCUT2D eigenvalue weighted by Crippen LogP contribution is 2.19. The molecule has 34 heavy (non-hydrogen) atoms. The first-order valence-corrected chi connectivity index (χ1v) is 12.7. The van der Waals surface area contributed by atoms with Crippen molar-refractivity contribution in [2.24, 2.45) is 0 Å². The molecule has 0 saturated carbocycles. The van der Waals surface area contributed by atoms with Crippen molar-refractivity contribution < 1.29 is 9.59 Å². The van der Waals surface area contributed by atoms with Gasteiger partial charge in [-0.25, -0.2) is 0 Å². The molecule has 0 unspecified atom stereocenters. The van der Waals surface area contributed by atoms with Gasteiger partial charge in [0, 0.05) is 29.0 Å². The Morgan fingerprint density at radius 2 is 1.56 bits per heavy atom. The van der Waals surface area contributed by atoms with Crippen molar-refractivity contribution in [2.75, 3.05) is 6.54 Å². The number of amides is 2. The molecule has 0 saturated heterocycles. The van der Waals surface area contributed by atoms with Gasteiger partial charge in [-0.2, -0.15) is 0 Å². The first-order chi connectivity index (χ1) is 16.5. The van der Waals surface area contributed by atoms with E-state index >= 15 is 0 Å². The highest BCUT2D eigenvalue weighted by molar-refractivity contribution is 9.10. The normalized spacial score (nSPS) is 11.6. The predicted octanol–water partition coefficient (Wildman–Crippen LogP) is 6.20. The van der Waals surface area contributed by atoms with Gasteiger partial charge in [-0.05, 0) is 47.4 Å². The van der Waals surface area contributed by atoms with E-state index in [1.165, 1.54) is 0 Å². The van der Waals surface area contributed by atoms with Crippen molar-refractivity contribution in [1.29, 1.82) is 0 Å². The Morgan fingerprint density at radius 3 is 2.21 bits per heavy atom. The second-order valence-electron chi connectivity index (χ2n) is 8.30. The van der Waals surface area contributed by atoms with Crippen LogP contribution in [0, 0.1) is 0 Å². The van der Waals surface area contributed by atoms with E-state index in [-0.39, 0.29) is 18.2 Å². The molecule has 0 aliphatic carbocycles. The van der Waals surface area contributed by atoms with Gasteiger partial charge in [-0.15, -0.1) is 0 Å². The molecule has 2 amide bonds. The Balaban J connectivity index is 1.92. The summed E-state index contributed by atoms with van der Waals surface area (Å²) in [5.41, 5.74) is 2.84. The van der Waals surface area contributed by atoms with E-state index in [4.69, 9.17) is 11.6 Å². The van der Waals surface area contributed by atoms with Crippen LogP contribution in [0.3, 0.4) is 0 Å². The summed E-state index contributed by atoms with van der Waals surface area (Å²) in [5.74, 6) is -0.226. The van der Waals surface area contributed by atoms with Gasteiger partial charge >= 0.3 is 0 Å². The SMILES string of the molecule is CCCCNC(=O)[C@H](Cc1ccccc1)N(Cc1ccc(Br)cc1)C(=O)Cc1ccc(Cl)cc1. The van der Waals surface area contributed by atoms with E-state index < -0.39 is 6.04 Å². The number of rotatable bonds is 11. The van der Waals surface area contributed by atoms with Gasteiger partial charge in [-0.3, -0.25) is 9.59 Å². The fraction of sp³-hybridized carbons (Fsp3) is 0.286. The molecule has 0 bridgehead atoms. The number of halogens is 2. The summed E-state index contributed by atoms with van der Waals surface area (Å²) in [7, 11) is 0. The fourth-order valence-corrected chi connectivity index (χ4v) is 4.12. The Morgan fingerprint density at radius 1 is 0.912 bits per heavy atom. The molecule has 0 aromatic heterocycles. The first kappa shape index (κ1) is 26.0. The zero-order valence-corrected chi connectivity index (χ0v) is 21.7. The molecule has 3 aromatic rings. The maximum absolute atomic E-state index is 13.6. The maximum atomic E-state index is 13.6. The average molecular weight is 542 g/mol. The van der Waals surface area contributed by atoms with Crippen LogP contribution >= 0.6 is 27.5 Å². The first-order valence-electron chi connectivity index (χ1n) is 11.6. The highest BCUT2D eigenvalue weighted by Gasteiger charge is 2.30. The molecule has 6 heteroatoms. The van der Waals surface area contributed by atoms with E-state index in [1.807, 2.05) is 66.7 Å². The van der Waals surface area contributed by atoms with Gasteiger partial charge in [0.15, 0.2) is 0 Å². The molecule has 0 heterocycles. The van der Waals surface area contributed by atoms with Gasteiger partial charge in [-0.1, -0.05) is 95.5 Å². The number of benzene rings is 3. The molecule has 4 nitrogen and oxygen atoms in total. The second kappa shape index (κ2) is 13.3. The Bertz CT molecular complexity index is 1060. The van der Waals surface area contributed by atoms with Crippen LogP contribution in [0.1, 0.15) is 36.5 Å². The Hall–Kier alpha value is -2.63. The second-order valence-corrected chi connectivity index (χ2v) is 9.65. The third kappa shape index (κ3) is 8.00. The van der Waals surface area contributed by atoms with Crippen LogP contribution in [0.15, 0.2) is 83.3 Å². The molecule has 0 radical (unpaired) electrons. The molecule has 1 N–H and O–H groups in total. The maximum Gasteiger partial charge on any atom is 0.243 e. The fourth-order valence-electron chi connectivity index (χ4n) is 3.73. The van der Waals surface area contributed by atoms with Gasteiger partial charge in [0.2, 0.25) is 11.8 Å². The van der Waals surface area contributed by atoms with Gasteiger partial charge < -0.3 is 10.2 Å². The van der Waals surface area contributed by atoms with E-state index in [0.717, 1.165) is 34.0 Å². The minimum Gasteiger partial charge on any atom is -0.354 e. The van der Waals surface area contributed by atoms with Crippen molar-refractivity contribution >= 4 is 39.3 Å². The topological polar surface area (TPSA) is 49.4 Å². The molecule has 0 aliphatic rings. The molecule has 0 fully saturated rings. The Labute approximate surface area is 215 Å². The number of nitrogens with zero attached hydrogens (tertiary/aromatic N) is 1. The third-order valence-electron chi connectivity index (χ3n) is 5.64. The van der Waals surface area contributed by atoms with E-state index in [0.29, 0.717) is 24.5 Å². The van der Waals surface area contributed by atoms with Crippen molar-refractivity contribution in [3.63, 3.8) is 0 Å². The summed E-state index contributed by atoms with van der Waals surface area (Å²) < 4.78 is 0.966. The van der Waals surface area contributed by atoms with Crippen molar-refractivity contribution in [3.8, 4) is 0 Å². The summed E-state index contributed by atoms with van der Waals surface area (Å²) in [6, 6.07) is 24.3. The molecule has 3 rings (SSSR count). The van der Waals surface area contributed by atoms with Crippen molar-refractivity contribution in [3.05, 3.63) is 105 Å². The minimum atomic E-state index is -0.622. The lowest BCUT2D eigenvalue weighted by molar-refractivity contribution is -0.140. The minimum absolute atomic E-state index is 0.100. The lowest BCUT2D eigenvalue weighted by atomic mass is 10.0. The number of carbonyl (C=O) groups is 2. The van der Waals surface area contributed by atoms with Crippen LogP contribution in [0.2, 0.25) is 5.02 Å². The van der Waals surface area contributed by atoms with E-state index in [9.17, 15) is 9.59 Å². The molecular weight excluding hydrogens is 512 g/mol. The van der Waals surface area contributed by atoms with Crippen LogP contribution in [-0.2, 0) is 29.0 Å². The Kier molecular flexibility index (Phi) is 10.2. The highest BCUT2D eigenvalue weighted by atomic mass is 79.9. The smallest absolute Gasteiger partial charge is 0.243 e. The molecule has 1 atom stereocenters. The van der Waals surface area contributed by atoms with E-state index in [2.05, 4.69) is 28.2 Å². The van der Waals surface area contributed by atoms with Crippen LogP contribution in [-0.4, -0.2) is 29.3 Å². The number of hydrogen-bond acceptors (Lipinski definition) is 2. The number of hydrogen-bond donors (Lipinski definition) is 1. The van der Waals surface area contributed by atoms with Gasteiger partial charge in [0.1, 0.15) is 6.04 Å². The molecule has 3 aromatic carbocycles. The number of carbonyl (C=O) groups excluding carboxylic acids is 2. The van der Waals surface area contributed by atoms with Gasteiger partial charge in [0.05, 0.1) is 6.42 Å². The predicted molar refractivity (Wildman–Crippen MR) is 142 cm³/mol. The molecule has 178 valence electrons. The molecular formula is C28H30BrClN2O2. The van der Waals surface area contributed by atoms with Gasteiger partial charge in [0.25, 0.3) is 0 Å². The van der Waals surface area contributed by atoms with E-state index in [1.54, 1.807) is 17.0 Å². The average Bonchev–Trinajstić information content (AvgIpc) is 2.84. The summed E-state index contributed by atoms with van der Waals surface area (Å²) in [5, 5.41) is 3.67. The number of unbranched alkanes of at least 4 members (excludes halogenated alkanes) is 1. The van der Waals surface area contributed by atoms with Crippen molar-refractivity contribution in [1.82, 2.24) is 10.2 Å². The summed E-state index contributed by atoms with van der Waals surface area (Å²) in [4.78, 5) is 28.7. The lowest BCUT2D eigenvalue weighted by Crippen LogP contribution is -2.51. The van der Waals surface area contributed by atoms with Crippen LogP contribution in [0.25, 0.3) is 0 Å². The quantitative estimate of drug-likeness (QED) is 0.294. The lowest BCUT2D eigenvalue weighted by Gasteiger charge is -2.32. The van der Waals surface area contributed by atoms with Crippen LogP contribution < -0.4 is 5.32 Å². The van der Waals surface area contributed by atoms with Crippen LogP contribution in [0.4, 0.5) is 0 Å². The monoisotopic (exact) mass is 540 g/mol. The summed E-state index contributed by atoms with van der Waals surface area (Å²) in [6.45, 7) is 3.03. The molecule has 0 spiro atoms. The standard InChI is InChI=1S/C28H30BrClN2O2/c1-2-3-17-31-28(34)26(18-21-7-5-4-6-8-21)32(20-23-9-13-24(29)14-10-23)27(33)19-22-11-15-25(30)16-12-22/h4-16,26H,2-3,17-20H2,1H3,(H,31,34)/t26-/m0/s1. The molecule has 0 aliphatic heterocycles. The third-order valence-corrected chi connectivity index (χ3v) is 6.42. The van der Waals surface area contributed by atoms with Crippen LogP contribution in [0.5, 0.6) is 0 Å². The zero-order valence-electron chi connectivity index (χ0n) is 19.3. The zero-order chi connectivity index (χ0) is 24.3. The summed E-state index contributed by atoms with van der Waals surface area (Å²) >= 11 is 9.49.